The molecule has 0 saturated carbocycles. The van der Waals surface area contributed by atoms with Crippen LogP contribution in [0.4, 0.5) is 0 Å². The second kappa shape index (κ2) is 22.9. The van der Waals surface area contributed by atoms with Gasteiger partial charge >= 0.3 is 0 Å². The molecule has 2 N–H and O–H groups in total. The van der Waals surface area contributed by atoms with Crippen LogP contribution in [0.15, 0.2) is 97.1 Å². The van der Waals surface area contributed by atoms with Crippen molar-refractivity contribution >= 4 is 34.2 Å². The third kappa shape index (κ3) is 13.0. The van der Waals surface area contributed by atoms with Crippen LogP contribution >= 0.6 is 0 Å². The molecule has 0 spiro atoms. The zero-order valence-corrected chi connectivity index (χ0v) is 58.4. The monoisotopic (exact) mass is 1190 g/mol. The van der Waals surface area contributed by atoms with Crippen LogP contribution in [0, 0.1) is 57.2 Å². The Morgan fingerprint density at radius 3 is 0.700 bits per heavy atom. The fourth-order valence-electron chi connectivity index (χ4n) is 12.5. The van der Waals surface area contributed by atoms with Gasteiger partial charge in [-0.25, -0.2) is 4.98 Å². The number of aromatic amines is 2. The fourth-order valence-corrected chi connectivity index (χ4v) is 12.5. The number of hydrogen-bond acceptors (Lipinski definition) is 6. The molecular formula is C82H96N8. The molecule has 0 amide bonds. The summed E-state index contributed by atoms with van der Waals surface area (Å²) in [4.78, 5) is 19.9. The Kier molecular flexibility index (Phi) is 16.8. The summed E-state index contributed by atoms with van der Waals surface area (Å²) in [6.07, 6.45) is 4.33. The van der Waals surface area contributed by atoms with Gasteiger partial charge in [0.25, 0.3) is 0 Å². The van der Waals surface area contributed by atoms with Crippen molar-refractivity contribution < 1.29 is 0 Å². The van der Waals surface area contributed by atoms with E-state index in [1.807, 2.05) is 0 Å². The normalized spacial score (nSPS) is 15.2. The van der Waals surface area contributed by atoms with Gasteiger partial charge in [0.2, 0.25) is 0 Å². The summed E-state index contributed by atoms with van der Waals surface area (Å²) in [6, 6.07) is 45.6. The SMILES string of the molecule is CC(C)(C)c1cc(-c2c3nc(c(-c4cc(C(C)(C)C)cc(C(C)(C)C)c4)c4ccc([nH]4)c(-c4cc(C(C)(C)C)cc(C(C)(C)C)c4)c4nc(c(-c5cc(C(C)(C)C)cc(C(C)(C)C)c5)c5ccc2[nH]5)[C@H](C(C#N)C#N)[C@H]4C(C#N)C#N)C=C3)cc(C(C)(C)C)c1. The number of hydrogen-bond donors (Lipinski definition) is 2. The highest BCUT2D eigenvalue weighted by molar-refractivity contribution is 5.98. The number of benzene rings is 4. The Morgan fingerprint density at radius 2 is 0.500 bits per heavy atom. The van der Waals surface area contributed by atoms with Gasteiger partial charge in [-0.2, -0.15) is 21.0 Å². The molecule has 0 saturated heterocycles. The highest BCUT2D eigenvalue weighted by Gasteiger charge is 2.47. The molecule has 0 fully saturated rings. The topological polar surface area (TPSA) is 153 Å². The summed E-state index contributed by atoms with van der Waals surface area (Å²) >= 11 is 0. The molecule has 0 unspecified atom stereocenters. The lowest BCUT2D eigenvalue weighted by molar-refractivity contribution is 0.473. The van der Waals surface area contributed by atoms with Crippen molar-refractivity contribution in [1.29, 1.82) is 21.0 Å². The van der Waals surface area contributed by atoms with Crippen molar-refractivity contribution in [2.75, 3.05) is 0 Å². The summed E-state index contributed by atoms with van der Waals surface area (Å²) in [7, 11) is 0. The van der Waals surface area contributed by atoms with E-state index in [2.05, 4.69) is 310 Å². The maximum atomic E-state index is 11.5. The van der Waals surface area contributed by atoms with E-state index in [0.717, 1.165) is 78.1 Å². The first-order valence-electron chi connectivity index (χ1n) is 32.2. The van der Waals surface area contributed by atoms with Crippen molar-refractivity contribution in [3.63, 3.8) is 0 Å². The van der Waals surface area contributed by atoms with Crippen LogP contribution in [-0.4, -0.2) is 19.9 Å². The second-order valence-electron chi connectivity index (χ2n) is 33.9. The molecular weight excluding hydrogens is 1100 g/mol. The van der Waals surface area contributed by atoms with Gasteiger partial charge in [0.15, 0.2) is 0 Å². The zero-order chi connectivity index (χ0) is 66.6. The van der Waals surface area contributed by atoms with Gasteiger partial charge in [-0.05, 0) is 146 Å². The van der Waals surface area contributed by atoms with Gasteiger partial charge in [-0.3, -0.25) is 4.98 Å². The third-order valence-corrected chi connectivity index (χ3v) is 18.5. The van der Waals surface area contributed by atoms with E-state index in [0.29, 0.717) is 33.5 Å². The van der Waals surface area contributed by atoms with Gasteiger partial charge in [-0.15, -0.1) is 0 Å². The van der Waals surface area contributed by atoms with Crippen LogP contribution in [0.2, 0.25) is 0 Å². The average Bonchev–Trinajstić information content (AvgIpc) is 1.56. The minimum Gasteiger partial charge on any atom is -0.354 e. The first kappa shape index (κ1) is 66.1. The lowest BCUT2D eigenvalue weighted by Gasteiger charge is -2.28. The fraction of sp³-hybridized carbons (Fsp3) is 0.439. The first-order valence-corrected chi connectivity index (χ1v) is 32.2. The number of nitrogens with one attached hydrogen (secondary N) is 2. The molecule has 2 atom stereocenters. The van der Waals surface area contributed by atoms with Crippen LogP contribution in [0.25, 0.3) is 78.7 Å². The quantitative estimate of drug-likeness (QED) is 0.169. The molecule has 2 aliphatic rings. The molecule has 8 nitrogen and oxygen atoms in total. The third-order valence-electron chi connectivity index (χ3n) is 18.5. The smallest absolute Gasteiger partial charge is 0.142 e. The molecule has 5 heterocycles. The molecule has 464 valence electrons. The molecule has 8 heteroatoms. The molecule has 2 aliphatic heterocycles. The predicted octanol–water partition coefficient (Wildman–Crippen LogP) is 21.7. The second-order valence-corrected chi connectivity index (χ2v) is 33.9. The predicted molar refractivity (Wildman–Crippen MR) is 376 cm³/mol. The maximum absolute atomic E-state index is 11.5. The van der Waals surface area contributed by atoms with Crippen LogP contribution in [0.5, 0.6) is 0 Å². The number of fused-ring (bicyclic) bond motifs is 8. The largest absolute Gasteiger partial charge is 0.354 e. The lowest BCUT2D eigenvalue weighted by Crippen LogP contribution is -2.21. The van der Waals surface area contributed by atoms with E-state index in [9.17, 15) is 21.0 Å². The summed E-state index contributed by atoms with van der Waals surface area (Å²) in [5, 5.41) is 46.0. The van der Waals surface area contributed by atoms with E-state index in [1.165, 1.54) is 22.3 Å². The Balaban J connectivity index is 1.68. The molecule has 0 aliphatic carbocycles. The van der Waals surface area contributed by atoms with E-state index >= 15 is 0 Å². The molecule has 0 radical (unpaired) electrons. The standard InChI is InChI=1S/C82H96N8/c1-75(2,3)53-31-47(32-54(39-53)76(4,5)6)67-61-25-26-62(87-61)68(48-33-55(77(7,8)9)40-56(34-48)78(10,11)12)64-28-30-66(89-64)70(50-37-59(81(19,20)21)42-60(38-50)82(22,23)24)74-72(52(45-85)46-86)71(51(43-83)44-84)73(90-74)69(65-29-27-63(67)88-65)49-35-57(79(13,14)15)41-58(36-49)80(16,17)18/h25-42,51-52,71-72,88-89H,1-24H3/t71-,72-/m1/s1. The molecule has 4 aromatic carbocycles. The number of H-pyrrole nitrogens is 2. The van der Waals surface area contributed by atoms with Crippen LogP contribution in [0.1, 0.15) is 245 Å². The molecule has 7 aromatic rings. The van der Waals surface area contributed by atoms with Crippen molar-refractivity contribution in [1.82, 2.24) is 19.9 Å². The van der Waals surface area contributed by atoms with Crippen LogP contribution in [0.3, 0.4) is 0 Å². The van der Waals surface area contributed by atoms with Crippen molar-refractivity contribution in [3.05, 3.63) is 164 Å². The van der Waals surface area contributed by atoms with Crippen LogP contribution in [-0.2, 0) is 43.3 Å². The van der Waals surface area contributed by atoms with Gasteiger partial charge in [0, 0.05) is 56.2 Å². The minimum absolute atomic E-state index is 0.208. The molecule has 90 heavy (non-hydrogen) atoms. The van der Waals surface area contributed by atoms with Crippen molar-refractivity contribution in [3.8, 4) is 68.8 Å². The first-order chi connectivity index (χ1) is 41.5. The van der Waals surface area contributed by atoms with E-state index in [4.69, 9.17) is 9.97 Å². The van der Waals surface area contributed by atoms with Gasteiger partial charge in [-0.1, -0.05) is 239 Å². The summed E-state index contributed by atoms with van der Waals surface area (Å²) in [6.45, 7) is 53.8. The number of nitrogens with zero attached hydrogens (tertiary/aromatic N) is 6. The number of aromatic nitrogens is 4. The average molecular weight is 1190 g/mol. The van der Waals surface area contributed by atoms with E-state index in [1.54, 1.807) is 0 Å². The number of rotatable bonds is 6. The van der Waals surface area contributed by atoms with E-state index in [-0.39, 0.29) is 43.3 Å². The van der Waals surface area contributed by atoms with Gasteiger partial charge < -0.3 is 9.97 Å². The highest BCUT2D eigenvalue weighted by atomic mass is 14.8. The Hall–Kier alpha value is -8.30. The maximum Gasteiger partial charge on any atom is 0.142 e. The molecule has 8 bridgehead atoms. The lowest BCUT2D eigenvalue weighted by atomic mass is 9.72. The Labute approximate surface area is 538 Å². The minimum atomic E-state index is -1.34. The zero-order valence-electron chi connectivity index (χ0n) is 58.4. The van der Waals surface area contributed by atoms with Gasteiger partial charge in [0.05, 0.1) is 47.1 Å². The summed E-state index contributed by atoms with van der Waals surface area (Å²) in [5.74, 6) is -4.77. The Bertz CT molecular complexity index is 3950. The summed E-state index contributed by atoms with van der Waals surface area (Å²) in [5.41, 5.74) is 19.5. The summed E-state index contributed by atoms with van der Waals surface area (Å²) < 4.78 is 0. The molecule has 3 aromatic heterocycles. The van der Waals surface area contributed by atoms with Crippen molar-refractivity contribution in [2.45, 2.75) is 221 Å². The highest BCUT2D eigenvalue weighted by Crippen LogP contribution is 2.54. The number of nitriles is 4. The van der Waals surface area contributed by atoms with Crippen molar-refractivity contribution in [2.24, 2.45) is 11.8 Å². The van der Waals surface area contributed by atoms with Crippen LogP contribution < -0.4 is 0 Å². The van der Waals surface area contributed by atoms with E-state index < -0.39 is 23.7 Å². The Morgan fingerprint density at radius 1 is 0.300 bits per heavy atom. The molecule has 9 rings (SSSR count). The van der Waals surface area contributed by atoms with Gasteiger partial charge in [0.1, 0.15) is 11.8 Å².